The predicted octanol–water partition coefficient (Wildman–Crippen LogP) is -0.0933. The number of carbonyl (C=O) groups excluding carboxylic acids is 1. The van der Waals surface area contributed by atoms with Gasteiger partial charge in [0.2, 0.25) is 0 Å². The molecule has 106 valence electrons. The quantitative estimate of drug-likeness (QED) is 0.821. The number of hydrogen-bond donors (Lipinski definition) is 1. The van der Waals surface area contributed by atoms with E-state index >= 15 is 0 Å². The Labute approximate surface area is 112 Å². The first-order chi connectivity index (χ1) is 9.17. The number of aromatic nitrogens is 2. The van der Waals surface area contributed by atoms with E-state index in [1.165, 1.54) is 0 Å². The van der Waals surface area contributed by atoms with Gasteiger partial charge >= 0.3 is 0 Å². The number of hydrogen-bond acceptors (Lipinski definition) is 6. The summed E-state index contributed by atoms with van der Waals surface area (Å²) in [7, 11) is 0. The van der Waals surface area contributed by atoms with Gasteiger partial charge in [-0.2, -0.15) is 0 Å². The fourth-order valence-electron chi connectivity index (χ4n) is 2.37. The Morgan fingerprint density at radius 2 is 2.05 bits per heavy atom. The van der Waals surface area contributed by atoms with Crippen molar-refractivity contribution < 1.29 is 14.5 Å². The topological polar surface area (TPSA) is 82.7 Å². The SMILES string of the molecule is CCC(CO)N1CCN(C(=O)c2nonc2C)CC1. The van der Waals surface area contributed by atoms with Gasteiger partial charge < -0.3 is 10.0 Å². The lowest BCUT2D eigenvalue weighted by Crippen LogP contribution is -2.52. The first kappa shape index (κ1) is 14.0. The Bertz CT molecular complexity index is 422. The highest BCUT2D eigenvalue weighted by molar-refractivity contribution is 5.93. The minimum absolute atomic E-state index is 0.129. The van der Waals surface area contributed by atoms with Crippen LogP contribution in [0.15, 0.2) is 4.63 Å². The molecule has 7 heteroatoms. The summed E-state index contributed by atoms with van der Waals surface area (Å²) in [5.41, 5.74) is 0.817. The molecule has 1 amide bonds. The molecule has 1 fully saturated rings. The van der Waals surface area contributed by atoms with E-state index in [1.54, 1.807) is 11.8 Å². The molecular weight excluding hydrogens is 248 g/mol. The molecule has 1 atom stereocenters. The van der Waals surface area contributed by atoms with E-state index in [-0.39, 0.29) is 18.6 Å². The lowest BCUT2D eigenvalue weighted by Gasteiger charge is -2.38. The van der Waals surface area contributed by atoms with Crippen LogP contribution in [0, 0.1) is 6.92 Å². The molecule has 0 radical (unpaired) electrons. The minimum atomic E-state index is -0.129. The van der Waals surface area contributed by atoms with Gasteiger partial charge in [-0.3, -0.25) is 9.69 Å². The maximum Gasteiger partial charge on any atom is 0.278 e. The largest absolute Gasteiger partial charge is 0.395 e. The van der Waals surface area contributed by atoms with E-state index in [9.17, 15) is 9.90 Å². The van der Waals surface area contributed by atoms with Crippen LogP contribution in [0.2, 0.25) is 0 Å². The zero-order chi connectivity index (χ0) is 13.8. The highest BCUT2D eigenvalue weighted by atomic mass is 16.6. The Balaban J connectivity index is 1.93. The lowest BCUT2D eigenvalue weighted by atomic mass is 10.1. The van der Waals surface area contributed by atoms with E-state index in [0.29, 0.717) is 24.5 Å². The number of amides is 1. The molecule has 1 aromatic heterocycles. The second kappa shape index (κ2) is 6.12. The Morgan fingerprint density at radius 1 is 1.37 bits per heavy atom. The van der Waals surface area contributed by atoms with E-state index in [0.717, 1.165) is 19.5 Å². The third kappa shape index (κ3) is 2.93. The Morgan fingerprint density at radius 3 is 2.53 bits per heavy atom. The van der Waals surface area contributed by atoms with Crippen LogP contribution in [0.5, 0.6) is 0 Å². The molecule has 19 heavy (non-hydrogen) atoms. The van der Waals surface area contributed by atoms with E-state index in [4.69, 9.17) is 0 Å². The number of carbonyl (C=O) groups is 1. The fourth-order valence-corrected chi connectivity index (χ4v) is 2.37. The van der Waals surface area contributed by atoms with Crippen molar-refractivity contribution in [3.63, 3.8) is 0 Å². The van der Waals surface area contributed by atoms with E-state index in [1.807, 2.05) is 0 Å². The maximum absolute atomic E-state index is 12.2. The van der Waals surface area contributed by atoms with Crippen molar-refractivity contribution in [2.75, 3.05) is 32.8 Å². The smallest absolute Gasteiger partial charge is 0.278 e. The van der Waals surface area contributed by atoms with Crippen molar-refractivity contribution in [1.82, 2.24) is 20.1 Å². The van der Waals surface area contributed by atoms with Gasteiger partial charge in [0.05, 0.1) is 6.61 Å². The minimum Gasteiger partial charge on any atom is -0.395 e. The van der Waals surface area contributed by atoms with Gasteiger partial charge in [-0.05, 0) is 18.5 Å². The monoisotopic (exact) mass is 268 g/mol. The molecule has 1 aliphatic heterocycles. The molecule has 0 bridgehead atoms. The normalized spacial score (nSPS) is 18.6. The van der Waals surface area contributed by atoms with Gasteiger partial charge in [0, 0.05) is 32.2 Å². The molecule has 2 heterocycles. The highest BCUT2D eigenvalue weighted by Crippen LogP contribution is 2.12. The zero-order valence-corrected chi connectivity index (χ0v) is 11.4. The van der Waals surface area contributed by atoms with Crippen molar-refractivity contribution in [1.29, 1.82) is 0 Å². The summed E-state index contributed by atoms with van der Waals surface area (Å²) in [6, 6.07) is 0.188. The van der Waals surface area contributed by atoms with Crippen LogP contribution < -0.4 is 0 Å². The van der Waals surface area contributed by atoms with Crippen molar-refractivity contribution in [2.24, 2.45) is 0 Å². The number of aliphatic hydroxyl groups is 1. The second-order valence-corrected chi connectivity index (χ2v) is 4.77. The fraction of sp³-hybridized carbons (Fsp3) is 0.750. The Hall–Kier alpha value is -1.47. The number of rotatable bonds is 4. The number of aryl methyl sites for hydroxylation is 1. The maximum atomic E-state index is 12.2. The summed E-state index contributed by atoms with van der Waals surface area (Å²) in [4.78, 5) is 16.2. The third-order valence-corrected chi connectivity index (χ3v) is 3.66. The summed E-state index contributed by atoms with van der Waals surface area (Å²) in [6.07, 6.45) is 0.913. The molecule has 0 spiro atoms. The molecule has 0 saturated carbocycles. The average molecular weight is 268 g/mol. The van der Waals surface area contributed by atoms with Gasteiger partial charge in [-0.15, -0.1) is 0 Å². The lowest BCUT2D eigenvalue weighted by molar-refractivity contribution is 0.0464. The van der Waals surface area contributed by atoms with Gasteiger partial charge in [0.25, 0.3) is 5.91 Å². The van der Waals surface area contributed by atoms with Crippen LogP contribution in [-0.4, -0.2) is 70.0 Å². The standard InChI is InChI=1S/C12H20N4O3/c1-3-10(8-17)15-4-6-16(7-5-15)12(18)11-9(2)13-19-14-11/h10,17H,3-8H2,1-2H3. The van der Waals surface area contributed by atoms with Crippen molar-refractivity contribution in [2.45, 2.75) is 26.3 Å². The van der Waals surface area contributed by atoms with Crippen LogP contribution in [0.1, 0.15) is 29.5 Å². The third-order valence-electron chi connectivity index (χ3n) is 3.66. The molecular formula is C12H20N4O3. The average Bonchev–Trinajstić information content (AvgIpc) is 2.86. The highest BCUT2D eigenvalue weighted by Gasteiger charge is 2.28. The first-order valence-electron chi connectivity index (χ1n) is 6.60. The van der Waals surface area contributed by atoms with Gasteiger partial charge in [0.1, 0.15) is 5.69 Å². The number of aliphatic hydroxyl groups excluding tert-OH is 1. The predicted molar refractivity (Wildman–Crippen MR) is 67.7 cm³/mol. The number of piperazine rings is 1. The zero-order valence-electron chi connectivity index (χ0n) is 11.4. The first-order valence-corrected chi connectivity index (χ1v) is 6.60. The van der Waals surface area contributed by atoms with Crippen LogP contribution in [0.3, 0.4) is 0 Å². The van der Waals surface area contributed by atoms with Crippen LogP contribution in [-0.2, 0) is 0 Å². The summed E-state index contributed by atoms with van der Waals surface area (Å²) < 4.78 is 4.56. The van der Waals surface area contributed by atoms with Crippen molar-refractivity contribution >= 4 is 5.91 Å². The molecule has 7 nitrogen and oxygen atoms in total. The summed E-state index contributed by atoms with van der Waals surface area (Å²) >= 11 is 0. The number of nitrogens with zero attached hydrogens (tertiary/aromatic N) is 4. The molecule has 1 aliphatic rings. The van der Waals surface area contributed by atoms with Crippen molar-refractivity contribution in [3.8, 4) is 0 Å². The molecule has 0 aromatic carbocycles. The second-order valence-electron chi connectivity index (χ2n) is 4.77. The van der Waals surface area contributed by atoms with Gasteiger partial charge in [-0.25, -0.2) is 4.63 Å². The van der Waals surface area contributed by atoms with Gasteiger partial charge in [0.15, 0.2) is 5.69 Å². The summed E-state index contributed by atoms with van der Waals surface area (Å²) in [5, 5.41) is 16.6. The molecule has 2 rings (SSSR count). The molecule has 1 aromatic rings. The molecule has 1 N–H and O–H groups in total. The van der Waals surface area contributed by atoms with Crippen LogP contribution in [0.4, 0.5) is 0 Å². The van der Waals surface area contributed by atoms with Crippen LogP contribution >= 0.6 is 0 Å². The van der Waals surface area contributed by atoms with Crippen LogP contribution in [0.25, 0.3) is 0 Å². The molecule has 1 saturated heterocycles. The van der Waals surface area contributed by atoms with Gasteiger partial charge in [-0.1, -0.05) is 12.1 Å². The molecule has 1 unspecified atom stereocenters. The molecule has 0 aliphatic carbocycles. The van der Waals surface area contributed by atoms with E-state index in [2.05, 4.69) is 26.8 Å². The summed E-state index contributed by atoms with van der Waals surface area (Å²) in [6.45, 7) is 6.76. The summed E-state index contributed by atoms with van der Waals surface area (Å²) in [5.74, 6) is -0.129. The van der Waals surface area contributed by atoms with Crippen molar-refractivity contribution in [3.05, 3.63) is 11.4 Å². The van der Waals surface area contributed by atoms with E-state index < -0.39 is 0 Å². The Kier molecular flexibility index (Phi) is 4.49.